The number of methoxy groups -OCH3 is 1. The predicted octanol–water partition coefficient (Wildman–Crippen LogP) is 2.35. The Hall–Kier alpha value is -3.16. The molecule has 2 unspecified atom stereocenters. The minimum atomic E-state index is -1.92. The van der Waals surface area contributed by atoms with Gasteiger partial charge in [-0.15, -0.1) is 0 Å². The molecule has 1 aliphatic rings. The van der Waals surface area contributed by atoms with Crippen molar-refractivity contribution in [1.29, 1.82) is 0 Å². The average molecular weight is 520 g/mol. The number of carbonyl (C=O) groups is 3. The van der Waals surface area contributed by atoms with Crippen molar-refractivity contribution < 1.29 is 38.4 Å². The fourth-order valence-electron chi connectivity index (χ4n) is 3.64. The number of ether oxygens (including phenoxy) is 2. The lowest BCUT2D eigenvalue weighted by Crippen LogP contribution is -2.42. The van der Waals surface area contributed by atoms with Crippen LogP contribution in [0.1, 0.15) is 46.0 Å². The number of nitrogens with two attached hydrogens (primary N) is 1. The van der Waals surface area contributed by atoms with Gasteiger partial charge in [-0.2, -0.15) is 5.21 Å². The highest BCUT2D eigenvalue weighted by Crippen LogP contribution is 2.45. The summed E-state index contributed by atoms with van der Waals surface area (Å²) in [6.45, 7) is 0.664. The zero-order valence-corrected chi connectivity index (χ0v) is 20.5. The quantitative estimate of drug-likeness (QED) is 0.0862. The van der Waals surface area contributed by atoms with Gasteiger partial charge in [0.15, 0.2) is 0 Å². The number of hydrogen-bond acceptors (Lipinski definition) is 10. The Morgan fingerprint density at radius 1 is 1.25 bits per heavy atom. The van der Waals surface area contributed by atoms with Crippen LogP contribution in [-0.4, -0.2) is 58.6 Å². The summed E-state index contributed by atoms with van der Waals surface area (Å²) in [6.07, 6.45) is 1.46. The summed E-state index contributed by atoms with van der Waals surface area (Å²) in [5, 5.41) is 33.3. The first-order valence-electron chi connectivity index (χ1n) is 11.3. The van der Waals surface area contributed by atoms with E-state index in [0.717, 1.165) is 11.1 Å². The van der Waals surface area contributed by atoms with Crippen LogP contribution in [0.2, 0.25) is 0 Å². The van der Waals surface area contributed by atoms with Crippen molar-refractivity contribution in [2.24, 2.45) is 5.73 Å². The Morgan fingerprint density at radius 2 is 1.97 bits per heavy atom. The fourth-order valence-corrected chi connectivity index (χ4v) is 4.67. The number of hydroxylamine groups is 2. The molecule has 12 heteroatoms. The zero-order chi connectivity index (χ0) is 26.3. The van der Waals surface area contributed by atoms with Gasteiger partial charge in [0, 0.05) is 6.54 Å². The van der Waals surface area contributed by atoms with E-state index in [1.165, 1.54) is 13.2 Å². The number of quaternary nitrogens is 1. The summed E-state index contributed by atoms with van der Waals surface area (Å²) < 4.78 is 8.33. The summed E-state index contributed by atoms with van der Waals surface area (Å²) >= 11 is 0.629. The van der Waals surface area contributed by atoms with Crippen LogP contribution in [0.5, 0.6) is 11.5 Å². The number of nitrogens with zero attached hydrogens (tertiary/aromatic N) is 1. The minimum absolute atomic E-state index is 0.0334. The smallest absolute Gasteiger partial charge is 0.359 e. The van der Waals surface area contributed by atoms with Gasteiger partial charge >= 0.3 is 11.9 Å². The number of amides is 2. The third kappa shape index (κ3) is 6.95. The van der Waals surface area contributed by atoms with Gasteiger partial charge in [-0.1, -0.05) is 34.5 Å². The van der Waals surface area contributed by atoms with Crippen molar-refractivity contribution in [1.82, 2.24) is 5.32 Å². The third-order valence-electron chi connectivity index (χ3n) is 5.61. The molecule has 36 heavy (non-hydrogen) atoms. The standard InChI is InChI=1S/C24H29N3O8S/c1-34-24(31)22-18(28)5-4-6-19(22)35-12-3-2-11-26-23(30)17(25)13-15-7-9-16(10-8-15)20-14-21(29)27(32,33)36-20/h4-10,17,20,28,32H,2-3,11-14,25H2,1H3,(H,26,30)/t17-,20?/m0/s1. The van der Waals surface area contributed by atoms with Crippen molar-refractivity contribution in [2.75, 3.05) is 20.3 Å². The van der Waals surface area contributed by atoms with Crippen molar-refractivity contribution in [3.05, 3.63) is 64.4 Å². The summed E-state index contributed by atoms with van der Waals surface area (Å²) in [5.74, 6) is -1.78. The molecule has 0 aromatic heterocycles. The molecule has 0 aliphatic carbocycles. The number of phenols is 1. The highest BCUT2D eigenvalue weighted by atomic mass is 32.2. The van der Waals surface area contributed by atoms with E-state index in [-0.39, 0.29) is 36.0 Å². The lowest BCUT2D eigenvalue weighted by atomic mass is 10.0. The van der Waals surface area contributed by atoms with E-state index < -0.39 is 27.4 Å². The number of benzene rings is 2. The second-order valence-corrected chi connectivity index (χ2v) is 9.53. The first kappa shape index (κ1) is 27.4. The number of hydrogen-bond donors (Lipinski definition) is 4. The number of unbranched alkanes of at least 4 members (excludes halogenated alkanes) is 1. The molecule has 3 rings (SSSR count). The average Bonchev–Trinajstić information content (AvgIpc) is 3.13. The van der Waals surface area contributed by atoms with E-state index in [4.69, 9.17) is 10.5 Å². The molecule has 194 valence electrons. The molecule has 0 radical (unpaired) electrons. The van der Waals surface area contributed by atoms with Crippen LogP contribution in [-0.2, 0) is 20.7 Å². The molecule has 2 amide bonds. The molecular formula is C24H29N3O8S. The second kappa shape index (κ2) is 12.2. The van der Waals surface area contributed by atoms with Crippen molar-refractivity contribution in [3.63, 3.8) is 0 Å². The zero-order valence-electron chi connectivity index (χ0n) is 19.7. The number of carbonyl (C=O) groups excluding carboxylic acids is 3. The maximum absolute atomic E-state index is 12.3. The third-order valence-corrected chi connectivity index (χ3v) is 6.79. The largest absolute Gasteiger partial charge is 0.579 e. The van der Waals surface area contributed by atoms with Crippen molar-refractivity contribution in [2.45, 2.75) is 37.0 Å². The second-order valence-electron chi connectivity index (χ2n) is 8.25. The van der Waals surface area contributed by atoms with Gasteiger partial charge in [0.2, 0.25) is 5.91 Å². The van der Waals surface area contributed by atoms with Crippen LogP contribution in [0.3, 0.4) is 0 Å². The van der Waals surface area contributed by atoms with Gasteiger partial charge in [0.05, 0.1) is 26.2 Å². The molecule has 3 atom stereocenters. The van der Waals surface area contributed by atoms with Gasteiger partial charge in [-0.25, -0.2) is 9.59 Å². The summed E-state index contributed by atoms with van der Waals surface area (Å²) in [7, 11) is 1.22. The maximum Gasteiger partial charge on any atom is 0.359 e. The first-order valence-corrected chi connectivity index (χ1v) is 12.2. The summed E-state index contributed by atoms with van der Waals surface area (Å²) in [4.78, 5) is 35.7. The van der Waals surface area contributed by atoms with E-state index >= 15 is 0 Å². The van der Waals surface area contributed by atoms with Gasteiger partial charge in [-0.3, -0.25) is 4.79 Å². The molecule has 2 aromatic carbocycles. The molecule has 0 bridgehead atoms. The normalized spacial score (nSPS) is 20.1. The first-order chi connectivity index (χ1) is 17.1. The molecular weight excluding hydrogens is 490 g/mol. The van der Waals surface area contributed by atoms with Crippen LogP contribution < -0.4 is 15.8 Å². The van der Waals surface area contributed by atoms with Crippen molar-refractivity contribution >= 4 is 29.7 Å². The maximum atomic E-state index is 12.3. The number of rotatable bonds is 11. The SMILES string of the molecule is COC(=O)c1c(O)cccc1OCCCCNC(=O)[C@@H](N)Cc1ccc(C2CC(=O)[N+]([O-])(O)S2)cc1. The molecule has 0 saturated carbocycles. The molecule has 2 aromatic rings. The van der Waals surface area contributed by atoms with Gasteiger partial charge in [-0.05, 0) is 42.5 Å². The molecule has 5 N–H and O–H groups in total. The van der Waals surface area contributed by atoms with E-state index in [9.17, 15) is 29.9 Å². The van der Waals surface area contributed by atoms with Crippen LogP contribution in [0.4, 0.5) is 0 Å². The molecule has 1 aliphatic heterocycles. The topological polar surface area (TPSA) is 171 Å². The highest BCUT2D eigenvalue weighted by Gasteiger charge is 2.43. The van der Waals surface area contributed by atoms with Crippen LogP contribution in [0, 0.1) is 5.21 Å². The molecule has 1 heterocycles. The summed E-state index contributed by atoms with van der Waals surface area (Å²) in [5.41, 5.74) is 7.55. The van der Waals surface area contributed by atoms with E-state index in [1.807, 2.05) is 0 Å². The van der Waals surface area contributed by atoms with Gasteiger partial charge < -0.3 is 30.8 Å². The predicted molar refractivity (Wildman–Crippen MR) is 131 cm³/mol. The van der Waals surface area contributed by atoms with Crippen LogP contribution in [0.15, 0.2) is 42.5 Å². The number of phenolic OH excluding ortho intramolecular Hbond substituents is 1. The Morgan fingerprint density at radius 3 is 2.61 bits per heavy atom. The molecule has 0 spiro atoms. The molecule has 1 fully saturated rings. The van der Waals surface area contributed by atoms with E-state index in [0.29, 0.717) is 37.8 Å². The Labute approximate surface area is 212 Å². The molecule has 1 saturated heterocycles. The Balaban J connectivity index is 1.37. The van der Waals surface area contributed by atoms with E-state index in [1.54, 1.807) is 36.4 Å². The van der Waals surface area contributed by atoms with E-state index in [2.05, 4.69) is 10.1 Å². The Bertz CT molecular complexity index is 1090. The number of nitrogens with one attached hydrogen (secondary N) is 1. The summed E-state index contributed by atoms with van der Waals surface area (Å²) in [6, 6.07) is 10.8. The van der Waals surface area contributed by atoms with Crippen LogP contribution in [0.25, 0.3) is 0 Å². The minimum Gasteiger partial charge on any atom is -0.579 e. The van der Waals surface area contributed by atoms with Crippen LogP contribution >= 0.6 is 11.9 Å². The monoisotopic (exact) mass is 519 g/mol. The molecule has 11 nitrogen and oxygen atoms in total. The lowest BCUT2D eigenvalue weighted by molar-refractivity contribution is -0.880. The number of aromatic hydroxyl groups is 1. The Kier molecular flexibility index (Phi) is 9.29. The highest BCUT2D eigenvalue weighted by molar-refractivity contribution is 7.94. The number of esters is 1. The van der Waals surface area contributed by atoms with Crippen molar-refractivity contribution in [3.8, 4) is 11.5 Å². The lowest BCUT2D eigenvalue weighted by Gasteiger charge is -2.21. The fraction of sp³-hybridized carbons (Fsp3) is 0.375. The van der Waals surface area contributed by atoms with Gasteiger partial charge in [0.25, 0.3) is 0 Å². The van der Waals surface area contributed by atoms with Gasteiger partial charge in [0.1, 0.15) is 34.3 Å².